The Labute approximate surface area is 123 Å². The molecule has 0 aliphatic heterocycles. The zero-order chi connectivity index (χ0) is 14.5. The van der Waals surface area contributed by atoms with Crippen molar-refractivity contribution in [1.29, 1.82) is 0 Å². The normalized spacial score (nSPS) is 10.9. The summed E-state index contributed by atoms with van der Waals surface area (Å²) in [7, 11) is 1.89. The first-order valence-corrected chi connectivity index (χ1v) is 7.00. The van der Waals surface area contributed by atoms with E-state index in [4.69, 9.17) is 4.74 Å². The first kappa shape index (κ1) is 13.6. The fraction of sp³-hybridized carbons (Fsp3) is 0.250. The van der Waals surface area contributed by atoms with Crippen LogP contribution in [0.4, 0.5) is 0 Å². The molecule has 0 fully saturated rings. The van der Waals surface area contributed by atoms with Gasteiger partial charge in [-0.25, -0.2) is 4.68 Å². The van der Waals surface area contributed by atoms with Crippen LogP contribution in [0.2, 0.25) is 0 Å². The molecule has 1 N–H and O–H groups in total. The van der Waals surface area contributed by atoms with Gasteiger partial charge in [0.2, 0.25) is 0 Å². The van der Waals surface area contributed by atoms with E-state index >= 15 is 0 Å². The van der Waals surface area contributed by atoms with Crippen LogP contribution in [0.5, 0.6) is 5.75 Å². The molecule has 1 aromatic heterocycles. The van der Waals surface area contributed by atoms with Gasteiger partial charge in [-0.05, 0) is 30.0 Å². The van der Waals surface area contributed by atoms with E-state index < -0.39 is 0 Å². The van der Waals surface area contributed by atoms with Crippen LogP contribution in [0.1, 0.15) is 5.69 Å². The summed E-state index contributed by atoms with van der Waals surface area (Å²) >= 11 is 0. The largest absolute Gasteiger partial charge is 0.492 e. The SMILES string of the molecule is CNCc1cn(CCOc2ccc3ccccc3c2)nn1. The molecule has 0 atom stereocenters. The zero-order valence-corrected chi connectivity index (χ0v) is 12.0. The van der Waals surface area contributed by atoms with E-state index in [1.807, 2.05) is 31.4 Å². The maximum Gasteiger partial charge on any atom is 0.120 e. The second kappa shape index (κ2) is 6.37. The number of nitrogens with zero attached hydrogens (tertiary/aromatic N) is 3. The Hall–Kier alpha value is -2.40. The summed E-state index contributed by atoms with van der Waals surface area (Å²) in [6, 6.07) is 14.4. The molecular weight excluding hydrogens is 264 g/mol. The lowest BCUT2D eigenvalue weighted by molar-refractivity contribution is 0.290. The summed E-state index contributed by atoms with van der Waals surface area (Å²) in [6.45, 7) is 1.98. The van der Waals surface area contributed by atoms with E-state index in [1.165, 1.54) is 10.8 Å². The van der Waals surface area contributed by atoms with Crippen LogP contribution < -0.4 is 10.1 Å². The van der Waals surface area contributed by atoms with E-state index in [0.29, 0.717) is 13.2 Å². The second-order valence-electron chi connectivity index (χ2n) is 4.86. The Morgan fingerprint density at radius 3 is 2.86 bits per heavy atom. The lowest BCUT2D eigenvalue weighted by atomic mass is 10.1. The summed E-state index contributed by atoms with van der Waals surface area (Å²) in [5.74, 6) is 0.879. The van der Waals surface area contributed by atoms with Gasteiger partial charge < -0.3 is 10.1 Å². The molecule has 1 heterocycles. The Kier molecular flexibility index (Phi) is 4.12. The van der Waals surface area contributed by atoms with Crippen molar-refractivity contribution in [2.75, 3.05) is 13.7 Å². The molecule has 0 amide bonds. The van der Waals surface area contributed by atoms with Gasteiger partial charge in [0.15, 0.2) is 0 Å². The summed E-state index contributed by atoms with van der Waals surface area (Å²) in [5.41, 5.74) is 0.934. The third-order valence-electron chi connectivity index (χ3n) is 3.25. The van der Waals surface area contributed by atoms with Crippen molar-refractivity contribution < 1.29 is 4.74 Å². The minimum atomic E-state index is 0.570. The van der Waals surface area contributed by atoms with E-state index in [-0.39, 0.29) is 0 Å². The Morgan fingerprint density at radius 1 is 1.14 bits per heavy atom. The zero-order valence-electron chi connectivity index (χ0n) is 12.0. The number of hydrogen-bond acceptors (Lipinski definition) is 4. The number of fused-ring (bicyclic) bond motifs is 1. The third kappa shape index (κ3) is 3.38. The summed E-state index contributed by atoms with van der Waals surface area (Å²) in [5, 5.41) is 13.6. The predicted octanol–water partition coefficient (Wildman–Crippen LogP) is 2.23. The summed E-state index contributed by atoms with van der Waals surface area (Å²) in [6.07, 6.45) is 1.93. The first-order valence-electron chi connectivity index (χ1n) is 7.00. The molecule has 0 unspecified atom stereocenters. The van der Waals surface area contributed by atoms with E-state index in [1.54, 1.807) is 4.68 Å². The highest BCUT2D eigenvalue weighted by Crippen LogP contribution is 2.20. The molecule has 0 aliphatic carbocycles. The molecule has 0 saturated heterocycles. The smallest absolute Gasteiger partial charge is 0.120 e. The summed E-state index contributed by atoms with van der Waals surface area (Å²) in [4.78, 5) is 0. The number of ether oxygens (including phenoxy) is 1. The molecule has 3 aromatic rings. The molecule has 108 valence electrons. The second-order valence-corrected chi connectivity index (χ2v) is 4.86. The fourth-order valence-corrected chi connectivity index (χ4v) is 2.22. The monoisotopic (exact) mass is 282 g/mol. The van der Waals surface area contributed by atoms with Crippen LogP contribution in [0.25, 0.3) is 10.8 Å². The van der Waals surface area contributed by atoms with Crippen LogP contribution in [0.15, 0.2) is 48.7 Å². The molecule has 2 aromatic carbocycles. The van der Waals surface area contributed by atoms with Crippen molar-refractivity contribution in [3.05, 3.63) is 54.4 Å². The highest BCUT2D eigenvalue weighted by Gasteiger charge is 2.01. The molecule has 0 radical (unpaired) electrons. The van der Waals surface area contributed by atoms with Gasteiger partial charge in [0, 0.05) is 12.7 Å². The maximum atomic E-state index is 5.78. The molecule has 0 saturated carbocycles. The van der Waals surface area contributed by atoms with Crippen LogP contribution in [-0.4, -0.2) is 28.6 Å². The van der Waals surface area contributed by atoms with Gasteiger partial charge in [0.25, 0.3) is 0 Å². The minimum absolute atomic E-state index is 0.570. The Bertz CT molecular complexity index is 723. The predicted molar refractivity (Wildman–Crippen MR) is 82.2 cm³/mol. The highest BCUT2D eigenvalue weighted by molar-refractivity contribution is 5.83. The van der Waals surface area contributed by atoms with E-state index in [2.05, 4.69) is 39.9 Å². The fourth-order valence-electron chi connectivity index (χ4n) is 2.22. The highest BCUT2D eigenvalue weighted by atomic mass is 16.5. The van der Waals surface area contributed by atoms with Crippen molar-refractivity contribution in [2.45, 2.75) is 13.1 Å². The average Bonchev–Trinajstić information content (AvgIpc) is 2.95. The molecular formula is C16H18N4O. The molecule has 0 aliphatic rings. The van der Waals surface area contributed by atoms with Crippen molar-refractivity contribution in [3.8, 4) is 5.75 Å². The van der Waals surface area contributed by atoms with Crippen molar-refractivity contribution in [3.63, 3.8) is 0 Å². The molecule has 0 bridgehead atoms. The van der Waals surface area contributed by atoms with Gasteiger partial charge in [0.05, 0.1) is 12.2 Å². The molecule has 21 heavy (non-hydrogen) atoms. The minimum Gasteiger partial charge on any atom is -0.492 e. The van der Waals surface area contributed by atoms with Crippen LogP contribution in [0.3, 0.4) is 0 Å². The molecule has 5 nitrogen and oxygen atoms in total. The lowest BCUT2D eigenvalue weighted by Crippen LogP contribution is -2.09. The van der Waals surface area contributed by atoms with Crippen LogP contribution in [0, 0.1) is 0 Å². The molecule has 0 spiro atoms. The molecule has 3 rings (SSSR count). The van der Waals surface area contributed by atoms with Gasteiger partial charge in [-0.3, -0.25) is 0 Å². The quantitative estimate of drug-likeness (QED) is 0.753. The van der Waals surface area contributed by atoms with Gasteiger partial charge in [-0.1, -0.05) is 35.5 Å². The maximum absolute atomic E-state index is 5.78. The van der Waals surface area contributed by atoms with E-state index in [0.717, 1.165) is 18.0 Å². The Balaban J connectivity index is 1.58. The number of rotatable bonds is 6. The van der Waals surface area contributed by atoms with Crippen molar-refractivity contribution in [2.24, 2.45) is 0 Å². The van der Waals surface area contributed by atoms with Gasteiger partial charge in [-0.2, -0.15) is 0 Å². The summed E-state index contributed by atoms with van der Waals surface area (Å²) < 4.78 is 7.58. The number of hydrogen-bond donors (Lipinski definition) is 1. The van der Waals surface area contributed by atoms with E-state index in [9.17, 15) is 0 Å². The number of benzene rings is 2. The van der Waals surface area contributed by atoms with Crippen LogP contribution >= 0.6 is 0 Å². The topological polar surface area (TPSA) is 52.0 Å². The number of nitrogens with one attached hydrogen (secondary N) is 1. The number of aromatic nitrogens is 3. The van der Waals surface area contributed by atoms with Gasteiger partial charge in [0.1, 0.15) is 12.4 Å². The van der Waals surface area contributed by atoms with Crippen molar-refractivity contribution >= 4 is 10.8 Å². The average molecular weight is 282 g/mol. The third-order valence-corrected chi connectivity index (χ3v) is 3.25. The first-order chi connectivity index (χ1) is 10.3. The Morgan fingerprint density at radius 2 is 2.00 bits per heavy atom. The standard InChI is InChI=1S/C16H18N4O/c1-17-11-15-12-20(19-18-15)8-9-21-16-7-6-13-4-2-3-5-14(13)10-16/h2-7,10,12,17H,8-9,11H2,1H3. The van der Waals surface area contributed by atoms with Gasteiger partial charge >= 0.3 is 0 Å². The van der Waals surface area contributed by atoms with Gasteiger partial charge in [-0.15, -0.1) is 5.10 Å². The van der Waals surface area contributed by atoms with Crippen molar-refractivity contribution in [1.82, 2.24) is 20.3 Å². The lowest BCUT2D eigenvalue weighted by Gasteiger charge is -2.07. The van der Waals surface area contributed by atoms with Crippen LogP contribution in [-0.2, 0) is 13.1 Å². The molecule has 5 heteroatoms.